The third kappa shape index (κ3) is 6.61. The van der Waals surface area contributed by atoms with Crippen LogP contribution in [0.25, 0.3) is 11.3 Å². The van der Waals surface area contributed by atoms with E-state index in [2.05, 4.69) is 15.1 Å². The van der Waals surface area contributed by atoms with Crippen molar-refractivity contribution in [1.82, 2.24) is 20.1 Å². The lowest BCUT2D eigenvalue weighted by atomic mass is 10.0. The van der Waals surface area contributed by atoms with E-state index in [4.69, 9.17) is 14.5 Å². The summed E-state index contributed by atoms with van der Waals surface area (Å²) < 4.78 is 24.9. The van der Waals surface area contributed by atoms with Crippen LogP contribution in [0.3, 0.4) is 0 Å². The maximum Gasteiger partial charge on any atom is 0.251 e. The normalized spacial score (nSPS) is 23.7. The molecule has 0 aliphatic carbocycles. The lowest BCUT2D eigenvalue weighted by molar-refractivity contribution is -0.138. The van der Waals surface area contributed by atoms with Gasteiger partial charge >= 0.3 is 0 Å². The van der Waals surface area contributed by atoms with Crippen molar-refractivity contribution >= 4 is 34.1 Å². The minimum atomic E-state index is -1.42. The van der Waals surface area contributed by atoms with Gasteiger partial charge in [-0.15, -0.1) is 11.3 Å². The first-order chi connectivity index (χ1) is 19.7. The number of thiazole rings is 1. The molecule has 222 valence electrons. The number of likely N-dealkylation sites (tertiary alicyclic amines) is 1. The molecule has 5 rings (SSSR count). The highest BCUT2D eigenvalue weighted by Crippen LogP contribution is 2.31. The Morgan fingerprint density at radius 1 is 1.20 bits per heavy atom. The number of aromatic nitrogens is 1. The smallest absolute Gasteiger partial charge is 0.251 e. The van der Waals surface area contributed by atoms with Crippen molar-refractivity contribution in [2.75, 3.05) is 64.5 Å². The standard InChI is InChI=1S/C29H38FN5O5S/c1-18(2)14-22(28(38)35-15-21(30)26-25(35)24(36)16-40-26)31-27(37)20-6-4-19(5-7-20)23-17-41-29(32-23)34-10-8-33(9-11-34)12-13-39-3/h4-7,17-18,21-22,25-26H,8-16H2,1-3H3,(H,31,37)/t21-,22?,25+,26+/m0/s1. The van der Waals surface area contributed by atoms with Gasteiger partial charge in [-0.25, -0.2) is 9.37 Å². The molecule has 1 N–H and O–H groups in total. The number of ether oxygens (including phenoxy) is 2. The van der Waals surface area contributed by atoms with Gasteiger partial charge in [0.15, 0.2) is 10.9 Å². The number of nitrogens with zero attached hydrogens (tertiary/aromatic N) is 4. The number of alkyl halides is 1. The van der Waals surface area contributed by atoms with Crippen LogP contribution in [-0.4, -0.2) is 116 Å². The summed E-state index contributed by atoms with van der Waals surface area (Å²) in [5.74, 6) is -1.06. The van der Waals surface area contributed by atoms with Crippen molar-refractivity contribution in [3.63, 3.8) is 0 Å². The van der Waals surface area contributed by atoms with E-state index in [0.29, 0.717) is 12.0 Å². The lowest BCUT2D eigenvalue weighted by Gasteiger charge is -2.34. The summed E-state index contributed by atoms with van der Waals surface area (Å²) in [6.45, 7) is 8.93. The second-order valence-electron chi connectivity index (χ2n) is 11.3. The Bertz CT molecular complexity index is 1230. The van der Waals surface area contributed by atoms with Crippen molar-refractivity contribution in [2.45, 2.75) is 44.6 Å². The Balaban J connectivity index is 1.21. The van der Waals surface area contributed by atoms with Gasteiger partial charge in [0.1, 0.15) is 31.0 Å². The van der Waals surface area contributed by atoms with Gasteiger partial charge in [-0.1, -0.05) is 26.0 Å². The zero-order valence-electron chi connectivity index (χ0n) is 23.8. The molecule has 0 bridgehead atoms. The monoisotopic (exact) mass is 587 g/mol. The summed E-state index contributed by atoms with van der Waals surface area (Å²) in [6, 6.07) is 5.33. The minimum absolute atomic E-state index is 0.0916. The SMILES string of the molecule is COCCN1CCN(c2nc(-c3ccc(C(=O)NC(CC(C)C)C(=O)N4C[C@H](F)[C@H]5OCC(=O)[C@H]54)cc3)cs2)CC1. The maximum absolute atomic E-state index is 14.5. The fourth-order valence-corrected chi connectivity index (χ4v) is 6.56. The number of methoxy groups -OCH3 is 1. The van der Waals surface area contributed by atoms with Gasteiger partial charge in [0.05, 0.1) is 18.8 Å². The van der Waals surface area contributed by atoms with E-state index in [1.807, 2.05) is 31.4 Å². The molecule has 0 spiro atoms. The Labute approximate surface area is 243 Å². The molecule has 3 aliphatic heterocycles. The Morgan fingerprint density at radius 3 is 2.61 bits per heavy atom. The van der Waals surface area contributed by atoms with Crippen LogP contribution in [0, 0.1) is 5.92 Å². The number of carbonyl (C=O) groups is 3. The highest BCUT2D eigenvalue weighted by atomic mass is 32.1. The Morgan fingerprint density at radius 2 is 1.93 bits per heavy atom. The largest absolute Gasteiger partial charge is 0.383 e. The molecule has 10 nitrogen and oxygen atoms in total. The molecule has 1 unspecified atom stereocenters. The topological polar surface area (TPSA) is 104 Å². The number of amides is 2. The molecular formula is C29H38FN5O5S. The second kappa shape index (κ2) is 12.9. The molecule has 12 heteroatoms. The van der Waals surface area contributed by atoms with Crippen molar-refractivity contribution in [2.24, 2.45) is 5.92 Å². The predicted octanol–water partition coefficient (Wildman–Crippen LogP) is 2.24. The van der Waals surface area contributed by atoms with Crippen LogP contribution < -0.4 is 10.2 Å². The van der Waals surface area contributed by atoms with Gasteiger partial charge in [-0.3, -0.25) is 19.3 Å². The number of carbonyl (C=O) groups excluding carboxylic acids is 3. The third-order valence-corrected chi connectivity index (χ3v) is 8.81. The molecule has 4 heterocycles. The van der Waals surface area contributed by atoms with Gasteiger partial charge in [0.25, 0.3) is 5.91 Å². The Hall–Kier alpha value is -2.93. The average molecular weight is 588 g/mol. The number of hydrogen-bond donors (Lipinski definition) is 1. The zero-order chi connectivity index (χ0) is 29.1. The van der Waals surface area contributed by atoms with E-state index in [1.54, 1.807) is 30.6 Å². The summed E-state index contributed by atoms with van der Waals surface area (Å²) in [6.07, 6.45) is -1.98. The van der Waals surface area contributed by atoms with Crippen LogP contribution in [0.4, 0.5) is 9.52 Å². The highest BCUT2D eigenvalue weighted by molar-refractivity contribution is 7.14. The molecule has 0 saturated carbocycles. The van der Waals surface area contributed by atoms with Crippen molar-refractivity contribution in [3.8, 4) is 11.3 Å². The predicted molar refractivity (Wildman–Crippen MR) is 154 cm³/mol. The lowest BCUT2D eigenvalue weighted by Crippen LogP contribution is -2.52. The fraction of sp³-hybridized carbons (Fsp3) is 0.586. The second-order valence-corrected chi connectivity index (χ2v) is 12.1. The minimum Gasteiger partial charge on any atom is -0.383 e. The van der Waals surface area contributed by atoms with E-state index in [0.717, 1.165) is 55.7 Å². The number of ketones is 1. The van der Waals surface area contributed by atoms with E-state index < -0.39 is 36.2 Å². The maximum atomic E-state index is 14.5. The number of anilines is 1. The summed E-state index contributed by atoms with van der Waals surface area (Å²) in [5, 5.41) is 5.84. The van der Waals surface area contributed by atoms with Gasteiger partial charge < -0.3 is 24.6 Å². The van der Waals surface area contributed by atoms with Crippen LogP contribution in [0.15, 0.2) is 29.6 Å². The molecule has 3 fully saturated rings. The summed E-state index contributed by atoms with van der Waals surface area (Å²) in [4.78, 5) is 49.7. The molecule has 41 heavy (non-hydrogen) atoms. The molecule has 3 saturated heterocycles. The van der Waals surface area contributed by atoms with Crippen molar-refractivity contribution < 1.29 is 28.2 Å². The van der Waals surface area contributed by atoms with Crippen LogP contribution in [0.2, 0.25) is 0 Å². The Kier molecular flexibility index (Phi) is 9.32. The van der Waals surface area contributed by atoms with Crippen LogP contribution in [0.5, 0.6) is 0 Å². The number of hydrogen-bond acceptors (Lipinski definition) is 9. The highest BCUT2D eigenvalue weighted by Gasteiger charge is 2.53. The first-order valence-corrected chi connectivity index (χ1v) is 15.0. The fourth-order valence-electron chi connectivity index (χ4n) is 5.68. The number of benzene rings is 1. The molecule has 4 atom stereocenters. The number of piperazine rings is 1. The number of rotatable bonds is 10. The van der Waals surface area contributed by atoms with E-state index in [-0.39, 0.29) is 24.9 Å². The van der Waals surface area contributed by atoms with Gasteiger partial charge in [0.2, 0.25) is 5.91 Å². The summed E-state index contributed by atoms with van der Waals surface area (Å²) in [5.41, 5.74) is 2.15. The first kappa shape index (κ1) is 29.6. The van der Waals surface area contributed by atoms with Crippen molar-refractivity contribution in [1.29, 1.82) is 0 Å². The number of fused-ring (bicyclic) bond motifs is 1. The number of halogens is 1. The summed E-state index contributed by atoms with van der Waals surface area (Å²) >= 11 is 1.61. The molecule has 2 amide bonds. The summed E-state index contributed by atoms with van der Waals surface area (Å²) in [7, 11) is 1.72. The van der Waals surface area contributed by atoms with Gasteiger partial charge in [-0.2, -0.15) is 0 Å². The van der Waals surface area contributed by atoms with Gasteiger partial charge in [0, 0.05) is 56.3 Å². The van der Waals surface area contributed by atoms with E-state index >= 15 is 0 Å². The molecule has 1 aromatic heterocycles. The van der Waals surface area contributed by atoms with Crippen LogP contribution in [-0.2, 0) is 19.1 Å². The first-order valence-electron chi connectivity index (χ1n) is 14.2. The van der Waals surface area contributed by atoms with E-state index in [9.17, 15) is 18.8 Å². The zero-order valence-corrected chi connectivity index (χ0v) is 24.6. The van der Waals surface area contributed by atoms with E-state index in [1.165, 1.54) is 4.90 Å². The molecule has 3 aliphatic rings. The quantitative estimate of drug-likeness (QED) is 0.452. The number of nitrogens with one attached hydrogen (secondary N) is 1. The molecule has 1 aromatic carbocycles. The van der Waals surface area contributed by atoms with Crippen LogP contribution >= 0.6 is 11.3 Å². The van der Waals surface area contributed by atoms with Crippen molar-refractivity contribution in [3.05, 3.63) is 35.2 Å². The molecule has 2 aromatic rings. The van der Waals surface area contributed by atoms with Crippen LogP contribution in [0.1, 0.15) is 30.6 Å². The molecular weight excluding hydrogens is 549 g/mol. The molecule has 0 radical (unpaired) electrons. The third-order valence-electron chi connectivity index (χ3n) is 7.91. The van der Waals surface area contributed by atoms with Gasteiger partial charge in [-0.05, 0) is 24.5 Å². The number of Topliss-reactive ketones (excluding diaryl/α,β-unsaturated/α-hetero) is 1. The average Bonchev–Trinajstić information content (AvgIpc) is 3.69.